The SMILES string of the molecule is Cc1[nH]n(-c2ccccc2)c(=O)c1N=Nc1cc([N+](=O)[O-])ccc1[O-].O=[N+]([O-])c1ccc2c(N=Nc3c([O-])ccc4ccccc34)c([O-])cc(S(=O)(=O)[O-])c2c1.[Cr+3].[Na+].[Na+]. The van der Waals surface area contributed by atoms with E-state index in [2.05, 4.69) is 25.6 Å². The van der Waals surface area contributed by atoms with E-state index in [1.54, 1.807) is 61.5 Å². The summed E-state index contributed by atoms with van der Waals surface area (Å²) in [6.45, 7) is 1.64. The van der Waals surface area contributed by atoms with E-state index in [1.807, 2.05) is 6.07 Å². The first-order valence-corrected chi connectivity index (χ1v) is 17.3. The van der Waals surface area contributed by atoms with Gasteiger partial charge in [-0.2, -0.15) is 15.3 Å². The molecule has 0 aliphatic carbocycles. The molecule has 0 saturated heterocycles. The average Bonchev–Trinajstić information content (AvgIpc) is 3.46. The van der Waals surface area contributed by atoms with Crippen molar-refractivity contribution < 1.29 is 115 Å². The number of aromatic nitrogens is 2. The van der Waals surface area contributed by atoms with Gasteiger partial charge in [0.1, 0.15) is 10.1 Å². The zero-order valence-electron chi connectivity index (χ0n) is 30.8. The van der Waals surface area contributed by atoms with Crippen LogP contribution in [0.5, 0.6) is 17.2 Å². The second kappa shape index (κ2) is 20.1. The van der Waals surface area contributed by atoms with Crippen molar-refractivity contribution in [2.75, 3.05) is 0 Å². The number of nitrogens with zero attached hydrogens (tertiary/aromatic N) is 7. The number of H-pyrrole nitrogens is 1. The molecule has 0 amide bonds. The van der Waals surface area contributed by atoms with Crippen molar-refractivity contribution in [3.05, 3.63) is 145 Å². The van der Waals surface area contributed by atoms with Gasteiger partial charge in [0, 0.05) is 40.4 Å². The number of benzene rings is 6. The van der Waals surface area contributed by atoms with E-state index in [4.69, 9.17) is 0 Å². The fraction of sp³-hybridized carbons (Fsp3) is 0.0278. The van der Waals surface area contributed by atoms with Crippen molar-refractivity contribution in [1.29, 1.82) is 0 Å². The van der Waals surface area contributed by atoms with Crippen molar-refractivity contribution >= 4 is 65.8 Å². The first kappa shape index (κ1) is 48.1. The minimum atomic E-state index is -5.11. The molecule has 0 fully saturated rings. The molecular weight excluding hydrogens is 850 g/mol. The van der Waals surface area contributed by atoms with Crippen LogP contribution < -0.4 is 80.0 Å². The molecule has 6 aromatic carbocycles. The number of nitro benzene ring substituents is 2. The van der Waals surface area contributed by atoms with Crippen LogP contribution >= 0.6 is 0 Å². The molecule has 1 N–H and O–H groups in total. The Morgan fingerprint density at radius 2 is 1.19 bits per heavy atom. The first-order chi connectivity index (χ1) is 26.6. The van der Waals surface area contributed by atoms with Gasteiger partial charge in [0.15, 0.2) is 5.69 Å². The number of azo groups is 2. The quantitative estimate of drug-likeness (QED) is 0.0709. The number of aryl methyl sites for hydroxylation is 1. The van der Waals surface area contributed by atoms with E-state index in [0.29, 0.717) is 28.2 Å². The van der Waals surface area contributed by atoms with Crippen molar-refractivity contribution in [2.45, 2.75) is 11.8 Å². The van der Waals surface area contributed by atoms with Crippen LogP contribution in [0, 0.1) is 27.2 Å². The van der Waals surface area contributed by atoms with Gasteiger partial charge in [-0.1, -0.05) is 77.9 Å². The number of para-hydroxylation sites is 1. The van der Waals surface area contributed by atoms with Gasteiger partial charge in [-0.05, 0) is 36.6 Å². The summed E-state index contributed by atoms with van der Waals surface area (Å²) in [4.78, 5) is 32.0. The predicted octanol–water partition coefficient (Wildman–Crippen LogP) is 0.245. The number of rotatable bonds is 8. The van der Waals surface area contributed by atoms with Gasteiger partial charge in [-0.15, -0.1) is 5.11 Å². The summed E-state index contributed by atoms with van der Waals surface area (Å²) >= 11 is 0. The molecule has 0 saturated carbocycles. The number of hydrogen-bond acceptors (Lipinski definition) is 15. The Balaban J connectivity index is 0.000000306. The molecule has 7 aromatic rings. The van der Waals surface area contributed by atoms with Crippen LogP contribution in [0.2, 0.25) is 0 Å². The third kappa shape index (κ3) is 10.7. The maximum Gasteiger partial charge on any atom is 3.00 e. The maximum absolute atomic E-state index is 12.5. The topological polar surface area (TPSA) is 300 Å². The normalized spacial score (nSPS) is 11.0. The first-order valence-electron chi connectivity index (χ1n) is 15.9. The van der Waals surface area contributed by atoms with Crippen LogP contribution in [0.1, 0.15) is 5.69 Å². The Morgan fingerprint density at radius 1 is 0.627 bits per heavy atom. The molecule has 0 atom stereocenters. The maximum atomic E-state index is 12.5. The zero-order chi connectivity index (χ0) is 40.3. The van der Waals surface area contributed by atoms with Crippen molar-refractivity contribution in [3.8, 4) is 22.9 Å². The van der Waals surface area contributed by atoms with Crippen LogP contribution in [0.3, 0.4) is 0 Å². The van der Waals surface area contributed by atoms with Gasteiger partial charge in [0.05, 0.1) is 43.2 Å². The van der Waals surface area contributed by atoms with Crippen LogP contribution in [-0.2, 0) is 27.5 Å². The second-order valence-corrected chi connectivity index (χ2v) is 13.0. The number of fused-ring (bicyclic) bond motifs is 2. The van der Waals surface area contributed by atoms with Crippen LogP contribution in [0.15, 0.2) is 139 Å². The standard InChI is InChI=1S/C20H13N3O7S.C16H13N5O4.Cr.2Na/c24-16-8-5-11-3-1-2-4-13(11)19(16)21-22-20-14-7-6-12(23(26)27)9-15(14)18(10-17(20)25)31(28,29)30;1-10-15(16(23)20(19-10)11-5-3-2-4-6-11)18-17-13-9-12(21(24)25)7-8-14(13)22;;;/h1-10,24-25H,(H,28,29,30);2-9,19,22H,1H3;;;/q;;+3;2*+1/p-4. The van der Waals surface area contributed by atoms with E-state index in [-0.39, 0.29) is 116 Å². The summed E-state index contributed by atoms with van der Waals surface area (Å²) in [5.41, 5.74) is -0.693. The van der Waals surface area contributed by atoms with E-state index in [0.717, 1.165) is 36.4 Å². The molecular formula is C36H22CrN8Na2O11S+. The summed E-state index contributed by atoms with van der Waals surface area (Å²) in [6.07, 6.45) is 0. The predicted molar refractivity (Wildman–Crippen MR) is 193 cm³/mol. The minimum absolute atomic E-state index is 0. The molecule has 23 heteroatoms. The molecule has 0 unspecified atom stereocenters. The smallest absolute Gasteiger partial charge is 0.871 e. The fourth-order valence-electron chi connectivity index (χ4n) is 5.42. The number of non-ortho nitro benzene ring substituents is 2. The van der Waals surface area contributed by atoms with Crippen molar-refractivity contribution in [2.24, 2.45) is 20.5 Å². The molecule has 1 radical (unpaired) electrons. The van der Waals surface area contributed by atoms with Crippen LogP contribution in [0.25, 0.3) is 27.2 Å². The van der Waals surface area contributed by atoms with Crippen LogP contribution in [0.4, 0.5) is 34.1 Å². The Hall–Kier alpha value is -5.31. The third-order valence-electron chi connectivity index (χ3n) is 8.08. The minimum Gasteiger partial charge on any atom is -0.871 e. The molecule has 285 valence electrons. The molecule has 1 aromatic heterocycles. The van der Waals surface area contributed by atoms with E-state index in [9.17, 15) is 53.3 Å². The Kier molecular flexibility index (Phi) is 16.4. The molecule has 0 aliphatic heterocycles. The summed E-state index contributed by atoms with van der Waals surface area (Å²) < 4.78 is 36.1. The van der Waals surface area contributed by atoms with Gasteiger partial charge in [-0.25, -0.2) is 13.1 Å². The van der Waals surface area contributed by atoms with Crippen LogP contribution in [-0.4, -0.2) is 32.6 Å². The van der Waals surface area contributed by atoms with Gasteiger partial charge < -0.3 is 19.9 Å². The largest absolute Gasteiger partial charge is 3.00 e. The monoisotopic (exact) mass is 872 g/mol. The number of nitro groups is 2. The Morgan fingerprint density at radius 3 is 1.83 bits per heavy atom. The molecule has 0 aliphatic rings. The summed E-state index contributed by atoms with van der Waals surface area (Å²) in [6, 6.07) is 25.4. The second-order valence-electron chi connectivity index (χ2n) is 11.7. The van der Waals surface area contributed by atoms with Gasteiger partial charge >= 0.3 is 76.5 Å². The molecule has 1 heterocycles. The third-order valence-corrected chi connectivity index (χ3v) is 8.96. The van der Waals surface area contributed by atoms with Crippen molar-refractivity contribution in [3.63, 3.8) is 0 Å². The number of hydrogen-bond donors (Lipinski definition) is 1. The molecule has 0 bridgehead atoms. The molecule has 0 spiro atoms. The van der Waals surface area contributed by atoms with E-state index < -0.39 is 53.4 Å². The average molecular weight is 873 g/mol. The Labute approximate surface area is 387 Å². The van der Waals surface area contributed by atoms with Crippen molar-refractivity contribution in [1.82, 2.24) is 9.78 Å². The fourth-order valence-corrected chi connectivity index (χ4v) is 6.11. The zero-order valence-corrected chi connectivity index (χ0v) is 36.9. The Bertz CT molecular complexity index is 2950. The number of aromatic amines is 1. The molecule has 7 rings (SSSR count). The van der Waals surface area contributed by atoms with Gasteiger partial charge in [-0.3, -0.25) is 30.1 Å². The van der Waals surface area contributed by atoms with Gasteiger partial charge in [0.25, 0.3) is 16.9 Å². The summed E-state index contributed by atoms with van der Waals surface area (Å²) in [5, 5.41) is 77.3. The molecule has 19 nitrogen and oxygen atoms in total. The van der Waals surface area contributed by atoms with E-state index >= 15 is 0 Å². The summed E-state index contributed by atoms with van der Waals surface area (Å²) in [5.74, 6) is -1.91. The molecule has 59 heavy (non-hydrogen) atoms. The van der Waals surface area contributed by atoms with Gasteiger partial charge in [0.2, 0.25) is 0 Å². The van der Waals surface area contributed by atoms with E-state index in [1.165, 1.54) is 10.7 Å². The summed E-state index contributed by atoms with van der Waals surface area (Å²) in [7, 11) is -5.11. The number of nitrogens with one attached hydrogen (secondary N) is 1.